The smallest absolute Gasteiger partial charge is 0.163 e. The minimum atomic E-state index is 0.871. The second kappa shape index (κ2) is 5.61. The van der Waals surface area contributed by atoms with Crippen molar-refractivity contribution in [1.82, 2.24) is 19.7 Å². The van der Waals surface area contributed by atoms with Crippen LogP contribution in [0.1, 0.15) is 32.6 Å². The molecule has 5 nitrogen and oxygen atoms in total. The van der Waals surface area contributed by atoms with E-state index in [1.807, 2.05) is 13.2 Å². The second-order valence-corrected chi connectivity index (χ2v) is 4.22. The molecule has 92 valence electrons. The van der Waals surface area contributed by atoms with E-state index in [4.69, 9.17) is 0 Å². The first-order valence-electron chi connectivity index (χ1n) is 6.19. The molecule has 0 amide bonds. The highest BCUT2D eigenvalue weighted by molar-refractivity contribution is 5.85. The number of anilines is 1. The summed E-state index contributed by atoms with van der Waals surface area (Å²) in [5, 5.41) is 8.53. The summed E-state index contributed by atoms with van der Waals surface area (Å²) in [6, 6.07) is 0. The second-order valence-electron chi connectivity index (χ2n) is 4.22. The lowest BCUT2D eigenvalue weighted by atomic mass is 10.2. The first kappa shape index (κ1) is 11.8. The molecule has 0 aliphatic rings. The molecule has 1 N–H and O–H groups in total. The third-order valence-electron chi connectivity index (χ3n) is 2.85. The van der Waals surface area contributed by atoms with Crippen LogP contribution in [0, 0.1) is 0 Å². The Kier molecular flexibility index (Phi) is 3.90. The fourth-order valence-electron chi connectivity index (χ4n) is 1.86. The van der Waals surface area contributed by atoms with Crippen LogP contribution in [0.15, 0.2) is 12.5 Å². The third-order valence-corrected chi connectivity index (χ3v) is 2.85. The summed E-state index contributed by atoms with van der Waals surface area (Å²) in [7, 11) is 1.89. The highest BCUT2D eigenvalue weighted by atomic mass is 15.3. The fourth-order valence-corrected chi connectivity index (χ4v) is 1.86. The van der Waals surface area contributed by atoms with Gasteiger partial charge in [0.2, 0.25) is 0 Å². The van der Waals surface area contributed by atoms with Crippen LogP contribution in [0.4, 0.5) is 5.82 Å². The molecule has 17 heavy (non-hydrogen) atoms. The molecule has 0 unspecified atom stereocenters. The Hall–Kier alpha value is -1.65. The highest BCUT2D eigenvalue weighted by Gasteiger charge is 2.06. The van der Waals surface area contributed by atoms with Crippen LogP contribution in [-0.4, -0.2) is 26.3 Å². The van der Waals surface area contributed by atoms with Gasteiger partial charge in [-0.2, -0.15) is 5.10 Å². The number of aromatic nitrogens is 4. The number of hydrogen-bond donors (Lipinski definition) is 1. The van der Waals surface area contributed by atoms with Crippen LogP contribution in [-0.2, 0) is 7.05 Å². The van der Waals surface area contributed by atoms with Gasteiger partial charge in [-0.05, 0) is 6.42 Å². The summed E-state index contributed by atoms with van der Waals surface area (Å²) in [5.41, 5.74) is 0.871. The van der Waals surface area contributed by atoms with Gasteiger partial charge in [0.05, 0.1) is 11.6 Å². The normalized spacial score (nSPS) is 10.9. The first-order valence-corrected chi connectivity index (χ1v) is 6.19. The zero-order valence-corrected chi connectivity index (χ0v) is 10.5. The molecule has 0 radical (unpaired) electrons. The number of rotatable bonds is 6. The summed E-state index contributed by atoms with van der Waals surface area (Å²) in [6.07, 6.45) is 8.40. The molecule has 0 fully saturated rings. The molecule has 2 aromatic heterocycles. The largest absolute Gasteiger partial charge is 0.369 e. The molecule has 0 aliphatic carbocycles. The Balaban J connectivity index is 1.99. The van der Waals surface area contributed by atoms with Crippen molar-refractivity contribution in [2.24, 2.45) is 7.05 Å². The van der Waals surface area contributed by atoms with Crippen molar-refractivity contribution < 1.29 is 0 Å². The Morgan fingerprint density at radius 1 is 1.24 bits per heavy atom. The molecule has 0 spiro atoms. The van der Waals surface area contributed by atoms with Gasteiger partial charge in [0.15, 0.2) is 5.65 Å². The van der Waals surface area contributed by atoms with E-state index in [2.05, 4.69) is 27.3 Å². The molecule has 2 heterocycles. The number of aryl methyl sites for hydroxylation is 1. The van der Waals surface area contributed by atoms with Crippen molar-refractivity contribution in [2.45, 2.75) is 32.6 Å². The Bertz CT molecular complexity index is 477. The van der Waals surface area contributed by atoms with Crippen LogP contribution in [0.3, 0.4) is 0 Å². The van der Waals surface area contributed by atoms with E-state index in [-0.39, 0.29) is 0 Å². The lowest BCUT2D eigenvalue weighted by Crippen LogP contribution is -2.04. The van der Waals surface area contributed by atoms with Gasteiger partial charge in [0, 0.05) is 13.6 Å². The first-order chi connectivity index (χ1) is 8.33. The highest BCUT2D eigenvalue weighted by Crippen LogP contribution is 2.17. The number of hydrogen-bond acceptors (Lipinski definition) is 4. The van der Waals surface area contributed by atoms with E-state index < -0.39 is 0 Å². The Morgan fingerprint density at radius 3 is 2.94 bits per heavy atom. The Labute approximate surface area is 101 Å². The monoisotopic (exact) mass is 233 g/mol. The van der Waals surface area contributed by atoms with E-state index in [1.165, 1.54) is 25.7 Å². The number of fused-ring (bicyclic) bond motifs is 1. The van der Waals surface area contributed by atoms with Crippen LogP contribution in [0.25, 0.3) is 11.0 Å². The summed E-state index contributed by atoms with van der Waals surface area (Å²) in [6.45, 7) is 3.18. The molecular formula is C12H19N5. The summed E-state index contributed by atoms with van der Waals surface area (Å²) >= 11 is 0. The SMILES string of the molecule is CCCCCCNc1ncnc2c1cnn2C. The average molecular weight is 233 g/mol. The van der Waals surface area contributed by atoms with Crippen LogP contribution in [0.5, 0.6) is 0 Å². The molecule has 0 atom stereocenters. The standard InChI is InChI=1S/C12H19N5/c1-3-4-5-6-7-13-11-10-8-16-17(2)12(10)15-9-14-11/h8-9H,3-7H2,1-2H3,(H,13,14,15). The zero-order chi connectivity index (χ0) is 12.1. The fraction of sp³-hybridized carbons (Fsp3) is 0.583. The van der Waals surface area contributed by atoms with Crippen LogP contribution >= 0.6 is 0 Å². The van der Waals surface area contributed by atoms with Crippen LogP contribution in [0.2, 0.25) is 0 Å². The average Bonchev–Trinajstić information content (AvgIpc) is 2.72. The predicted molar refractivity (Wildman–Crippen MR) is 68.9 cm³/mol. The van der Waals surface area contributed by atoms with Gasteiger partial charge >= 0.3 is 0 Å². The number of nitrogens with one attached hydrogen (secondary N) is 1. The quantitative estimate of drug-likeness (QED) is 0.778. The maximum Gasteiger partial charge on any atom is 0.163 e. The minimum absolute atomic E-state index is 0.871. The molecule has 0 saturated heterocycles. The van der Waals surface area contributed by atoms with Gasteiger partial charge in [-0.15, -0.1) is 0 Å². The van der Waals surface area contributed by atoms with Gasteiger partial charge in [-0.25, -0.2) is 9.97 Å². The van der Waals surface area contributed by atoms with Crippen molar-refractivity contribution in [2.75, 3.05) is 11.9 Å². The van der Waals surface area contributed by atoms with Crippen molar-refractivity contribution in [3.63, 3.8) is 0 Å². The third kappa shape index (κ3) is 2.72. The van der Waals surface area contributed by atoms with Crippen LogP contribution < -0.4 is 5.32 Å². The maximum atomic E-state index is 4.26. The van der Waals surface area contributed by atoms with E-state index in [0.29, 0.717) is 0 Å². The van der Waals surface area contributed by atoms with E-state index in [0.717, 1.165) is 23.4 Å². The number of unbranched alkanes of at least 4 members (excludes halogenated alkanes) is 3. The predicted octanol–water partition coefficient (Wildman–Crippen LogP) is 2.36. The van der Waals surface area contributed by atoms with Gasteiger partial charge in [-0.1, -0.05) is 26.2 Å². The topological polar surface area (TPSA) is 55.6 Å². The summed E-state index contributed by atoms with van der Waals surface area (Å²) in [5.74, 6) is 0.889. The van der Waals surface area contributed by atoms with E-state index in [9.17, 15) is 0 Å². The van der Waals surface area contributed by atoms with Crippen molar-refractivity contribution in [3.05, 3.63) is 12.5 Å². The van der Waals surface area contributed by atoms with Gasteiger partial charge in [0.25, 0.3) is 0 Å². The Morgan fingerprint density at radius 2 is 2.12 bits per heavy atom. The van der Waals surface area contributed by atoms with Crippen molar-refractivity contribution in [1.29, 1.82) is 0 Å². The minimum Gasteiger partial charge on any atom is -0.369 e. The van der Waals surface area contributed by atoms with E-state index >= 15 is 0 Å². The summed E-state index contributed by atoms with van der Waals surface area (Å²) < 4.78 is 1.76. The molecule has 0 aromatic carbocycles. The van der Waals surface area contributed by atoms with Crippen molar-refractivity contribution >= 4 is 16.9 Å². The van der Waals surface area contributed by atoms with Gasteiger partial charge < -0.3 is 5.32 Å². The summed E-state index contributed by atoms with van der Waals surface area (Å²) in [4.78, 5) is 8.47. The molecule has 2 rings (SSSR count). The molecule has 0 aliphatic heterocycles. The number of nitrogens with zero attached hydrogens (tertiary/aromatic N) is 4. The molecule has 2 aromatic rings. The van der Waals surface area contributed by atoms with Crippen molar-refractivity contribution in [3.8, 4) is 0 Å². The molecular weight excluding hydrogens is 214 g/mol. The van der Waals surface area contributed by atoms with E-state index in [1.54, 1.807) is 11.0 Å². The van der Waals surface area contributed by atoms with Gasteiger partial charge in [0.1, 0.15) is 12.1 Å². The molecule has 0 saturated carbocycles. The van der Waals surface area contributed by atoms with Gasteiger partial charge in [-0.3, -0.25) is 4.68 Å². The zero-order valence-electron chi connectivity index (χ0n) is 10.5. The molecule has 5 heteroatoms. The lowest BCUT2D eigenvalue weighted by molar-refractivity contribution is 0.684. The maximum absolute atomic E-state index is 4.26. The molecule has 0 bridgehead atoms. The lowest BCUT2D eigenvalue weighted by Gasteiger charge is -2.05.